The first kappa shape index (κ1) is 39.6. The fourth-order valence-corrected chi connectivity index (χ4v) is 30.1. The monoisotopic (exact) mass is 886 g/mol. The molecule has 0 amide bonds. The number of hydrogen-bond acceptors (Lipinski definition) is 1. The zero-order chi connectivity index (χ0) is 37.5. The zero-order valence-electron chi connectivity index (χ0n) is 30.3. The van der Waals surface area contributed by atoms with E-state index in [4.69, 9.17) is 0 Å². The SMILES string of the molecule is CC(=O)c1ccc(CC[CH2][Au]([c]2c(C(C)C)cccc2C(C)C)([c]2c(C(C)C)cccc2C(C)C)(=[c]2[nH]cc[nH]2)([C](F)(F)F)[C](F)(F)F)cc1. The third-order valence-electron chi connectivity index (χ3n) is 9.46. The van der Waals surface area contributed by atoms with E-state index in [0.717, 1.165) is 12.4 Å². The molecule has 0 radical (unpaired) electrons. The predicted octanol–water partition coefficient (Wildman–Crippen LogP) is 11.5. The molecule has 3 nitrogen and oxygen atoms in total. The van der Waals surface area contributed by atoms with E-state index in [1.165, 1.54) is 31.2 Å². The van der Waals surface area contributed by atoms with Gasteiger partial charge in [0.15, 0.2) is 0 Å². The van der Waals surface area contributed by atoms with Gasteiger partial charge >= 0.3 is 291 Å². The van der Waals surface area contributed by atoms with Crippen molar-refractivity contribution in [1.29, 1.82) is 0 Å². The molecule has 0 saturated carbocycles. The molecular weight excluding hydrogens is 835 g/mol. The number of imidazole rings is 1. The Morgan fingerprint density at radius 3 is 1.28 bits per heavy atom. The van der Waals surface area contributed by atoms with Crippen molar-refractivity contribution in [2.75, 3.05) is 0 Å². The molecule has 2 N–H and O–H groups in total. The quantitative estimate of drug-likeness (QED) is 0.0880. The maximum atomic E-state index is 18.0. The Balaban J connectivity index is 2.57. The molecule has 0 unspecified atom stereocenters. The third-order valence-corrected chi connectivity index (χ3v) is 31.5. The Morgan fingerprint density at radius 1 is 0.620 bits per heavy atom. The summed E-state index contributed by atoms with van der Waals surface area (Å²) in [5, 5.41) is 0. The number of aromatic nitrogens is 2. The van der Waals surface area contributed by atoms with E-state index in [1.54, 1.807) is 91.8 Å². The van der Waals surface area contributed by atoms with Crippen molar-refractivity contribution >= 4 is 13.3 Å². The van der Waals surface area contributed by atoms with Crippen LogP contribution in [0.25, 0.3) is 0 Å². The van der Waals surface area contributed by atoms with Crippen LogP contribution in [0.5, 0.6) is 0 Å². The van der Waals surface area contributed by atoms with Crippen molar-refractivity contribution in [3.63, 3.8) is 0 Å². The molecule has 0 aliphatic heterocycles. The molecule has 0 aliphatic carbocycles. The Hall–Kier alpha value is -3.14. The van der Waals surface area contributed by atoms with Crippen LogP contribution in [0.2, 0.25) is 4.64 Å². The molecule has 0 fully saturated rings. The third kappa shape index (κ3) is 5.04. The Bertz CT molecular complexity index is 1830. The van der Waals surface area contributed by atoms with Crippen LogP contribution in [-0.4, -0.2) is 24.5 Å². The van der Waals surface area contributed by atoms with Gasteiger partial charge < -0.3 is 0 Å². The van der Waals surface area contributed by atoms with E-state index < -0.39 is 68.7 Å². The summed E-state index contributed by atoms with van der Waals surface area (Å²) >= 11 is -9.49. The molecule has 0 bridgehead atoms. The zero-order valence-corrected chi connectivity index (χ0v) is 32.5. The van der Waals surface area contributed by atoms with Gasteiger partial charge in [0.05, 0.1) is 0 Å². The molecule has 0 aliphatic rings. The predicted molar refractivity (Wildman–Crippen MR) is 189 cm³/mol. The molecule has 3 aromatic carbocycles. The van der Waals surface area contributed by atoms with Crippen LogP contribution in [0.1, 0.15) is 131 Å². The Labute approximate surface area is 289 Å². The van der Waals surface area contributed by atoms with E-state index in [0.29, 0.717) is 11.1 Å². The second-order valence-electron chi connectivity index (χ2n) is 14.0. The molecule has 10 heteroatoms. The number of benzene rings is 3. The molecular formula is C40H51AuF6N2O. The summed E-state index contributed by atoms with van der Waals surface area (Å²) in [4.78, 5) is 17.2. The number of carbonyl (C=O) groups is 1. The number of Topliss-reactive ketones (excluding diaryl/α,β-unsaturated/α-hetero) is 1. The average molecular weight is 887 g/mol. The van der Waals surface area contributed by atoms with Gasteiger partial charge in [-0.3, -0.25) is 0 Å². The van der Waals surface area contributed by atoms with Gasteiger partial charge in [-0.2, -0.15) is 0 Å². The molecule has 0 spiro atoms. The molecule has 1 aromatic heterocycles. The van der Waals surface area contributed by atoms with Gasteiger partial charge in [0, 0.05) is 0 Å². The summed E-state index contributed by atoms with van der Waals surface area (Å²) in [5.74, 6) is -2.88. The van der Waals surface area contributed by atoms with Gasteiger partial charge in [0.25, 0.3) is 0 Å². The van der Waals surface area contributed by atoms with E-state index >= 15 is 26.3 Å². The molecule has 280 valence electrons. The molecule has 0 saturated heterocycles. The van der Waals surface area contributed by atoms with Gasteiger partial charge in [0.2, 0.25) is 0 Å². The fraction of sp³-hybridized carbons (Fsp3) is 0.450. The number of nitrogens with one attached hydrogen (secondary N) is 2. The molecule has 4 rings (SSSR count). The van der Waals surface area contributed by atoms with Crippen LogP contribution >= 0.6 is 0 Å². The first-order chi connectivity index (χ1) is 23.2. The summed E-state index contributed by atoms with van der Waals surface area (Å²) in [6.45, 7) is 14.8. The number of rotatable bonds is 11. The number of alkyl halides is 6. The number of hydrogen-bond donors (Lipinski definition) is 2. The van der Waals surface area contributed by atoms with Crippen LogP contribution in [0.4, 0.5) is 26.3 Å². The summed E-state index contributed by atoms with van der Waals surface area (Å²) in [7, 11) is 0. The fourth-order valence-electron chi connectivity index (χ4n) is 6.91. The summed E-state index contributed by atoms with van der Waals surface area (Å²) in [6, 6.07) is 15.5. The number of halogens is 6. The first-order valence-corrected chi connectivity index (χ1v) is 23.9. The summed E-state index contributed by atoms with van der Waals surface area (Å²) in [6.07, 6.45) is 1.83. The topological polar surface area (TPSA) is 48.6 Å². The van der Waals surface area contributed by atoms with Crippen LogP contribution in [0.3, 0.4) is 0 Å². The second kappa shape index (κ2) is 13.4. The number of ketones is 1. The van der Waals surface area contributed by atoms with Crippen LogP contribution in [-0.2, 0) is 20.5 Å². The molecule has 4 aromatic rings. The van der Waals surface area contributed by atoms with Crippen molar-refractivity contribution in [3.05, 3.63) is 110 Å². The van der Waals surface area contributed by atoms with Crippen LogP contribution < -0.4 is 7.56 Å². The van der Waals surface area contributed by atoms with Crippen molar-refractivity contribution < 1.29 is 45.2 Å². The Morgan fingerprint density at radius 2 is 0.980 bits per heavy atom. The van der Waals surface area contributed by atoms with Gasteiger partial charge in [-0.05, 0) is 0 Å². The minimum atomic E-state index is -9.49. The standard InChI is InChI=1S/2C12H17.C11H13O.C3H4N2.2CF3.Au/c2*1-9(2)11-6-5-7-12(8-11)10(3)4;1-3-4-10-5-7-11(8-6-10)9(2)12;1-2-5-3-4-1;2*2-1(3)4;/h2*5-7,9-10H,1-4H3;5-8H,1,3-4H2,2H3;1-2,4-5H;;;. The van der Waals surface area contributed by atoms with E-state index in [9.17, 15) is 4.79 Å². The van der Waals surface area contributed by atoms with E-state index in [2.05, 4.69) is 9.97 Å². The number of H-pyrrole nitrogens is 2. The molecule has 50 heavy (non-hydrogen) atoms. The number of carbonyl (C=O) groups excluding carboxylic acids is 1. The van der Waals surface area contributed by atoms with Crippen molar-refractivity contribution in [2.45, 2.75) is 112 Å². The van der Waals surface area contributed by atoms with Crippen molar-refractivity contribution in [1.82, 2.24) is 9.97 Å². The summed E-state index contributed by atoms with van der Waals surface area (Å²) in [5.41, 5.74) is 1.17. The normalized spacial score (nSPS) is 14.5. The second-order valence-corrected chi connectivity index (χ2v) is 30.0. The van der Waals surface area contributed by atoms with Gasteiger partial charge in [0.1, 0.15) is 0 Å². The number of aromatic amines is 2. The van der Waals surface area contributed by atoms with Crippen molar-refractivity contribution in [3.8, 4) is 0 Å². The van der Waals surface area contributed by atoms with Gasteiger partial charge in [-0.1, -0.05) is 0 Å². The minimum absolute atomic E-state index is 0.0495. The average Bonchev–Trinajstić information content (AvgIpc) is 3.58. The number of aryl methyl sites for hydroxylation is 1. The Kier molecular flexibility index (Phi) is 10.7. The van der Waals surface area contributed by atoms with Gasteiger partial charge in [-0.15, -0.1) is 0 Å². The van der Waals surface area contributed by atoms with Crippen LogP contribution in [0.15, 0.2) is 73.1 Å². The summed E-state index contributed by atoms with van der Waals surface area (Å²) < 4.78 is 93.2. The van der Waals surface area contributed by atoms with E-state index in [-0.39, 0.29) is 34.5 Å². The molecule has 0 atom stereocenters. The van der Waals surface area contributed by atoms with Gasteiger partial charge in [-0.25, -0.2) is 0 Å². The van der Waals surface area contributed by atoms with E-state index in [1.807, 2.05) is 0 Å². The first-order valence-electron chi connectivity index (χ1n) is 16.9. The van der Waals surface area contributed by atoms with Crippen molar-refractivity contribution in [2.24, 2.45) is 0 Å². The van der Waals surface area contributed by atoms with Crippen LogP contribution in [0, 0.1) is 3.63 Å². The molecule has 1 heterocycles. The maximum absolute atomic E-state index is 18.0.